The summed E-state index contributed by atoms with van der Waals surface area (Å²) in [4.78, 5) is 2.57. The molecule has 1 saturated heterocycles. The third-order valence-electron chi connectivity index (χ3n) is 3.75. The average molecular weight is 271 g/mol. The monoisotopic (exact) mass is 271 g/mol. The van der Waals surface area contributed by atoms with Crippen LogP contribution in [-0.2, 0) is 6.54 Å². The van der Waals surface area contributed by atoms with Gasteiger partial charge in [-0.05, 0) is 43.6 Å². The van der Waals surface area contributed by atoms with Crippen LogP contribution in [-0.4, -0.2) is 29.7 Å². The maximum absolute atomic E-state index is 8.76. The third-order valence-corrected chi connectivity index (χ3v) is 3.75. The molecule has 0 bridgehead atoms. The quantitative estimate of drug-likeness (QED) is 0.854. The largest absolute Gasteiger partial charge is 0.395 e. The lowest BCUT2D eigenvalue weighted by Crippen LogP contribution is -2.26. The molecule has 108 valence electrons. The van der Waals surface area contributed by atoms with E-state index in [0.29, 0.717) is 6.42 Å². The van der Waals surface area contributed by atoms with E-state index in [1.165, 1.54) is 50.8 Å². The molecule has 0 atom stereocenters. The van der Waals surface area contributed by atoms with Crippen LogP contribution < -0.4 is 0 Å². The average Bonchev–Trinajstić information content (AvgIpc) is 2.43. The van der Waals surface area contributed by atoms with Crippen LogP contribution in [0, 0.1) is 11.8 Å². The second kappa shape index (κ2) is 8.79. The molecule has 1 aliphatic heterocycles. The molecule has 1 aromatic rings. The molecule has 0 aromatic heterocycles. The van der Waals surface area contributed by atoms with Gasteiger partial charge in [-0.2, -0.15) is 0 Å². The Morgan fingerprint density at radius 3 is 2.55 bits per heavy atom. The van der Waals surface area contributed by atoms with E-state index in [-0.39, 0.29) is 6.61 Å². The van der Waals surface area contributed by atoms with E-state index in [4.69, 9.17) is 5.11 Å². The Labute approximate surface area is 122 Å². The highest BCUT2D eigenvalue weighted by Gasteiger charge is 2.08. The highest BCUT2D eigenvalue weighted by atomic mass is 16.2. The number of likely N-dealkylation sites (tertiary alicyclic amines) is 1. The Bertz CT molecular complexity index is 450. The molecule has 0 unspecified atom stereocenters. The van der Waals surface area contributed by atoms with Crippen molar-refractivity contribution in [3.8, 4) is 11.8 Å². The Hall–Kier alpha value is -1.30. The van der Waals surface area contributed by atoms with Crippen molar-refractivity contribution in [3.63, 3.8) is 0 Å². The molecular formula is C18H25NO. The second-order valence-corrected chi connectivity index (χ2v) is 5.52. The molecule has 20 heavy (non-hydrogen) atoms. The van der Waals surface area contributed by atoms with E-state index >= 15 is 0 Å². The normalized spacial score (nSPS) is 16.9. The zero-order chi connectivity index (χ0) is 14.0. The van der Waals surface area contributed by atoms with Crippen molar-refractivity contribution in [2.24, 2.45) is 0 Å². The van der Waals surface area contributed by atoms with Crippen molar-refractivity contribution in [3.05, 3.63) is 35.4 Å². The van der Waals surface area contributed by atoms with Crippen LogP contribution in [0.1, 0.15) is 49.7 Å². The molecule has 1 N–H and O–H groups in total. The van der Waals surface area contributed by atoms with E-state index in [2.05, 4.69) is 34.9 Å². The molecule has 0 radical (unpaired) electrons. The first kappa shape index (κ1) is 15.1. The van der Waals surface area contributed by atoms with Crippen LogP contribution in [0.15, 0.2) is 24.3 Å². The first-order valence-corrected chi connectivity index (χ1v) is 7.79. The van der Waals surface area contributed by atoms with Gasteiger partial charge >= 0.3 is 0 Å². The van der Waals surface area contributed by atoms with E-state index in [1.807, 2.05) is 6.07 Å². The molecule has 0 aliphatic carbocycles. The van der Waals surface area contributed by atoms with Crippen molar-refractivity contribution in [1.29, 1.82) is 0 Å². The van der Waals surface area contributed by atoms with Gasteiger partial charge in [0.2, 0.25) is 0 Å². The molecule has 1 heterocycles. The van der Waals surface area contributed by atoms with Crippen molar-refractivity contribution >= 4 is 0 Å². The molecule has 2 rings (SSSR count). The zero-order valence-corrected chi connectivity index (χ0v) is 12.3. The van der Waals surface area contributed by atoms with Gasteiger partial charge in [0.25, 0.3) is 0 Å². The lowest BCUT2D eigenvalue weighted by molar-refractivity contribution is 0.240. The number of nitrogens with zero attached hydrogens (tertiary/aromatic N) is 1. The lowest BCUT2D eigenvalue weighted by atomic mass is 10.1. The Morgan fingerprint density at radius 1 is 1.05 bits per heavy atom. The minimum absolute atomic E-state index is 0.139. The van der Waals surface area contributed by atoms with Crippen molar-refractivity contribution < 1.29 is 5.11 Å². The van der Waals surface area contributed by atoms with E-state index < -0.39 is 0 Å². The summed E-state index contributed by atoms with van der Waals surface area (Å²) in [5.74, 6) is 6.10. The smallest absolute Gasteiger partial charge is 0.0540 e. The van der Waals surface area contributed by atoms with E-state index in [9.17, 15) is 0 Å². The second-order valence-electron chi connectivity index (χ2n) is 5.52. The summed E-state index contributed by atoms with van der Waals surface area (Å²) >= 11 is 0. The Balaban J connectivity index is 1.94. The van der Waals surface area contributed by atoms with Crippen LogP contribution in [0.4, 0.5) is 0 Å². The van der Waals surface area contributed by atoms with Crippen molar-refractivity contribution in [2.45, 2.75) is 45.1 Å². The number of benzene rings is 1. The molecule has 1 aliphatic rings. The van der Waals surface area contributed by atoms with Gasteiger partial charge in [0.1, 0.15) is 0 Å². The number of aliphatic hydroxyl groups excluding tert-OH is 1. The maximum atomic E-state index is 8.76. The zero-order valence-electron chi connectivity index (χ0n) is 12.3. The van der Waals surface area contributed by atoms with Crippen LogP contribution in [0.5, 0.6) is 0 Å². The summed E-state index contributed by atoms with van der Waals surface area (Å²) in [7, 11) is 0. The van der Waals surface area contributed by atoms with Gasteiger partial charge in [0.05, 0.1) is 6.61 Å². The van der Waals surface area contributed by atoms with Gasteiger partial charge in [0.15, 0.2) is 0 Å². The summed E-state index contributed by atoms with van der Waals surface area (Å²) in [6.07, 6.45) is 7.37. The maximum Gasteiger partial charge on any atom is 0.0540 e. The van der Waals surface area contributed by atoms with Gasteiger partial charge in [-0.25, -0.2) is 0 Å². The molecule has 0 amide bonds. The molecule has 2 nitrogen and oxygen atoms in total. The number of aliphatic hydroxyl groups is 1. The molecule has 0 saturated carbocycles. The van der Waals surface area contributed by atoms with Crippen molar-refractivity contribution in [1.82, 2.24) is 4.90 Å². The van der Waals surface area contributed by atoms with Gasteiger partial charge in [0, 0.05) is 18.5 Å². The van der Waals surface area contributed by atoms with E-state index in [1.54, 1.807) is 0 Å². The SMILES string of the molecule is OCCC#Cc1cccc(CN2CCCCCCC2)c1. The van der Waals surface area contributed by atoms with Gasteiger partial charge in [-0.1, -0.05) is 43.2 Å². The summed E-state index contributed by atoms with van der Waals surface area (Å²) in [5.41, 5.74) is 2.41. The first-order valence-electron chi connectivity index (χ1n) is 7.79. The van der Waals surface area contributed by atoms with Crippen LogP contribution in [0.2, 0.25) is 0 Å². The topological polar surface area (TPSA) is 23.5 Å². The predicted molar refractivity (Wildman–Crippen MR) is 83.4 cm³/mol. The fraction of sp³-hybridized carbons (Fsp3) is 0.556. The highest BCUT2D eigenvalue weighted by Crippen LogP contribution is 2.14. The molecule has 1 fully saturated rings. The third kappa shape index (κ3) is 5.36. The fourth-order valence-corrected chi connectivity index (χ4v) is 2.70. The minimum atomic E-state index is 0.139. The van der Waals surface area contributed by atoms with Gasteiger partial charge in [-0.15, -0.1) is 0 Å². The molecule has 0 spiro atoms. The predicted octanol–water partition coefficient (Wildman–Crippen LogP) is 3.19. The lowest BCUT2D eigenvalue weighted by Gasteiger charge is -2.24. The highest BCUT2D eigenvalue weighted by molar-refractivity contribution is 5.37. The molecule has 1 aromatic carbocycles. The number of hydrogen-bond donors (Lipinski definition) is 1. The summed E-state index contributed by atoms with van der Waals surface area (Å²) in [5, 5.41) is 8.76. The van der Waals surface area contributed by atoms with E-state index in [0.717, 1.165) is 12.1 Å². The fourth-order valence-electron chi connectivity index (χ4n) is 2.70. The van der Waals surface area contributed by atoms with Crippen LogP contribution in [0.25, 0.3) is 0 Å². The van der Waals surface area contributed by atoms with Crippen LogP contribution in [0.3, 0.4) is 0 Å². The van der Waals surface area contributed by atoms with Crippen molar-refractivity contribution in [2.75, 3.05) is 19.7 Å². The minimum Gasteiger partial charge on any atom is -0.395 e. The summed E-state index contributed by atoms with van der Waals surface area (Å²) in [6, 6.07) is 8.50. The number of hydrogen-bond acceptors (Lipinski definition) is 2. The first-order chi connectivity index (χ1) is 9.88. The summed E-state index contributed by atoms with van der Waals surface area (Å²) < 4.78 is 0. The summed E-state index contributed by atoms with van der Waals surface area (Å²) in [6.45, 7) is 3.62. The van der Waals surface area contributed by atoms with Gasteiger partial charge in [-0.3, -0.25) is 4.90 Å². The standard InChI is InChI=1S/C18H25NO/c20-14-7-4-9-17-10-8-11-18(15-17)16-19-12-5-2-1-3-6-13-19/h8,10-11,15,20H,1-3,5-7,12-14,16H2. The van der Waals surface area contributed by atoms with Crippen LogP contribution >= 0.6 is 0 Å². The Kier molecular flexibility index (Phi) is 6.63. The number of rotatable bonds is 3. The molecular weight excluding hydrogens is 246 g/mol. The molecule has 2 heteroatoms. The van der Waals surface area contributed by atoms with Gasteiger partial charge < -0.3 is 5.11 Å². The Morgan fingerprint density at radius 2 is 1.80 bits per heavy atom.